The molecule has 2 rings (SSSR count). The molecule has 7 heteroatoms. The quantitative estimate of drug-likeness (QED) is 0.843. The van der Waals surface area contributed by atoms with E-state index < -0.39 is 11.7 Å². The van der Waals surface area contributed by atoms with Crippen LogP contribution in [-0.4, -0.2) is 24.2 Å². The van der Waals surface area contributed by atoms with Gasteiger partial charge in [0.25, 0.3) is 0 Å². The van der Waals surface area contributed by atoms with Crippen molar-refractivity contribution in [2.45, 2.75) is 25.1 Å². The van der Waals surface area contributed by atoms with E-state index in [2.05, 4.69) is 5.32 Å². The second kappa shape index (κ2) is 5.97. The van der Waals surface area contributed by atoms with Gasteiger partial charge < -0.3 is 15.8 Å². The number of benzene rings is 1. The fourth-order valence-corrected chi connectivity index (χ4v) is 2.29. The molecule has 1 aliphatic rings. The Kier molecular flexibility index (Phi) is 4.49. The molecule has 1 aliphatic heterocycles. The lowest BCUT2D eigenvalue weighted by Gasteiger charge is -2.25. The van der Waals surface area contributed by atoms with Crippen molar-refractivity contribution in [3.8, 4) is 0 Å². The molecule has 1 aromatic rings. The van der Waals surface area contributed by atoms with Gasteiger partial charge in [-0.2, -0.15) is 13.2 Å². The van der Waals surface area contributed by atoms with Crippen LogP contribution in [0.3, 0.4) is 0 Å². The fraction of sp³-hybridized carbons (Fsp3) is 0.462. The third-order valence-electron chi connectivity index (χ3n) is 3.13. The van der Waals surface area contributed by atoms with Crippen LogP contribution in [0.1, 0.15) is 24.0 Å². The Morgan fingerprint density at radius 2 is 2.15 bits per heavy atom. The minimum atomic E-state index is -4.41. The first-order valence-electron chi connectivity index (χ1n) is 6.23. The number of ether oxygens (including phenoxy) is 1. The SMILES string of the molecule is NC(=S)c1cc(C(F)(F)F)ccc1NC1CCCOC1. The van der Waals surface area contributed by atoms with Crippen molar-refractivity contribution in [1.29, 1.82) is 0 Å². The molecule has 0 spiro atoms. The summed E-state index contributed by atoms with van der Waals surface area (Å²) in [6.45, 7) is 1.24. The maximum absolute atomic E-state index is 12.7. The zero-order valence-corrected chi connectivity index (χ0v) is 11.5. The summed E-state index contributed by atoms with van der Waals surface area (Å²) in [6, 6.07) is 3.43. The van der Waals surface area contributed by atoms with Crippen LogP contribution in [0.5, 0.6) is 0 Å². The van der Waals surface area contributed by atoms with E-state index in [4.69, 9.17) is 22.7 Å². The number of rotatable bonds is 3. The summed E-state index contributed by atoms with van der Waals surface area (Å²) < 4.78 is 43.4. The van der Waals surface area contributed by atoms with Gasteiger partial charge in [0, 0.05) is 23.9 Å². The van der Waals surface area contributed by atoms with Crippen LogP contribution in [0.15, 0.2) is 18.2 Å². The van der Waals surface area contributed by atoms with E-state index in [0.717, 1.165) is 25.0 Å². The number of alkyl halides is 3. The molecule has 3 N–H and O–H groups in total. The lowest BCUT2D eigenvalue weighted by Crippen LogP contribution is -2.31. The van der Waals surface area contributed by atoms with Gasteiger partial charge in [-0.15, -0.1) is 0 Å². The third kappa shape index (κ3) is 3.61. The van der Waals surface area contributed by atoms with Crippen molar-refractivity contribution in [3.63, 3.8) is 0 Å². The van der Waals surface area contributed by atoms with Crippen molar-refractivity contribution in [3.05, 3.63) is 29.3 Å². The molecular weight excluding hydrogens is 289 g/mol. The summed E-state index contributed by atoms with van der Waals surface area (Å²) in [5.41, 5.74) is 5.49. The summed E-state index contributed by atoms with van der Waals surface area (Å²) in [5.74, 6) is 0. The molecule has 3 nitrogen and oxygen atoms in total. The van der Waals surface area contributed by atoms with Gasteiger partial charge in [-0.1, -0.05) is 12.2 Å². The molecule has 0 bridgehead atoms. The predicted octanol–water partition coefficient (Wildman–Crippen LogP) is 2.93. The van der Waals surface area contributed by atoms with Gasteiger partial charge in [-0.25, -0.2) is 0 Å². The summed E-state index contributed by atoms with van der Waals surface area (Å²) in [6.07, 6.45) is -2.59. The molecular formula is C13H15F3N2OS. The van der Waals surface area contributed by atoms with Crippen LogP contribution in [0.4, 0.5) is 18.9 Å². The highest BCUT2D eigenvalue weighted by Gasteiger charge is 2.31. The first kappa shape index (κ1) is 15.1. The van der Waals surface area contributed by atoms with Crippen molar-refractivity contribution in [2.24, 2.45) is 5.73 Å². The molecule has 0 radical (unpaired) electrons. The van der Waals surface area contributed by atoms with Gasteiger partial charge in [0.05, 0.1) is 12.2 Å². The first-order valence-corrected chi connectivity index (χ1v) is 6.64. The van der Waals surface area contributed by atoms with Crippen LogP contribution < -0.4 is 11.1 Å². The van der Waals surface area contributed by atoms with Crippen molar-refractivity contribution < 1.29 is 17.9 Å². The van der Waals surface area contributed by atoms with E-state index in [9.17, 15) is 13.2 Å². The van der Waals surface area contributed by atoms with Crippen LogP contribution >= 0.6 is 12.2 Å². The second-order valence-corrected chi connectivity index (χ2v) is 5.12. The lowest BCUT2D eigenvalue weighted by atomic mass is 10.1. The number of nitrogens with two attached hydrogens (primary N) is 1. The standard InChI is InChI=1S/C13H15F3N2OS/c14-13(15,16)8-3-4-11(10(6-8)12(17)20)18-9-2-1-5-19-7-9/h3-4,6,9,18H,1-2,5,7H2,(H2,17,20). The highest BCUT2D eigenvalue weighted by Crippen LogP contribution is 2.32. The van der Waals surface area contributed by atoms with Gasteiger partial charge in [0.1, 0.15) is 4.99 Å². The number of hydrogen-bond donors (Lipinski definition) is 2. The Morgan fingerprint density at radius 3 is 2.70 bits per heavy atom. The molecule has 0 aromatic heterocycles. The molecule has 1 atom stereocenters. The molecule has 1 unspecified atom stereocenters. The molecule has 110 valence electrons. The molecule has 1 saturated heterocycles. The van der Waals surface area contributed by atoms with Gasteiger partial charge in [-0.05, 0) is 31.0 Å². The van der Waals surface area contributed by atoms with Crippen LogP contribution in [0.2, 0.25) is 0 Å². The van der Waals surface area contributed by atoms with Crippen molar-refractivity contribution in [2.75, 3.05) is 18.5 Å². The topological polar surface area (TPSA) is 47.3 Å². The van der Waals surface area contributed by atoms with Crippen LogP contribution in [0, 0.1) is 0 Å². The summed E-state index contributed by atoms with van der Waals surface area (Å²) in [5, 5.41) is 3.15. The predicted molar refractivity (Wildman–Crippen MR) is 74.8 cm³/mol. The second-order valence-electron chi connectivity index (χ2n) is 4.68. The van der Waals surface area contributed by atoms with E-state index in [-0.39, 0.29) is 16.6 Å². The average molecular weight is 304 g/mol. The number of thiocarbonyl (C=S) groups is 1. The Morgan fingerprint density at radius 1 is 1.40 bits per heavy atom. The minimum absolute atomic E-state index is 0.0599. The summed E-state index contributed by atoms with van der Waals surface area (Å²) in [4.78, 5) is -0.0599. The van der Waals surface area contributed by atoms with E-state index in [0.29, 0.717) is 18.9 Å². The Bertz CT molecular complexity index is 499. The van der Waals surface area contributed by atoms with Crippen LogP contribution in [0.25, 0.3) is 0 Å². The maximum atomic E-state index is 12.7. The molecule has 20 heavy (non-hydrogen) atoms. The van der Waals surface area contributed by atoms with E-state index in [1.54, 1.807) is 0 Å². The number of hydrogen-bond acceptors (Lipinski definition) is 3. The number of halogens is 3. The average Bonchev–Trinajstić information content (AvgIpc) is 2.38. The Labute approximate surface area is 120 Å². The van der Waals surface area contributed by atoms with Crippen molar-refractivity contribution >= 4 is 22.9 Å². The monoisotopic (exact) mass is 304 g/mol. The zero-order chi connectivity index (χ0) is 14.8. The normalized spacial score (nSPS) is 19.6. The van der Waals surface area contributed by atoms with Crippen LogP contribution in [-0.2, 0) is 10.9 Å². The van der Waals surface area contributed by atoms with Gasteiger partial charge >= 0.3 is 6.18 Å². The molecule has 0 saturated carbocycles. The first-order chi connectivity index (χ1) is 9.38. The molecule has 0 aliphatic carbocycles. The molecule has 1 heterocycles. The number of anilines is 1. The molecule has 0 amide bonds. The maximum Gasteiger partial charge on any atom is 0.416 e. The van der Waals surface area contributed by atoms with Gasteiger partial charge in [-0.3, -0.25) is 0 Å². The summed E-state index contributed by atoms with van der Waals surface area (Å²) >= 11 is 4.84. The lowest BCUT2D eigenvalue weighted by molar-refractivity contribution is -0.137. The van der Waals surface area contributed by atoms with E-state index in [1.807, 2.05) is 0 Å². The van der Waals surface area contributed by atoms with Crippen molar-refractivity contribution in [1.82, 2.24) is 0 Å². The number of nitrogens with one attached hydrogen (secondary N) is 1. The Balaban J connectivity index is 2.25. The van der Waals surface area contributed by atoms with Gasteiger partial charge in [0.15, 0.2) is 0 Å². The molecule has 1 aromatic carbocycles. The minimum Gasteiger partial charge on any atom is -0.389 e. The van der Waals surface area contributed by atoms with E-state index in [1.165, 1.54) is 6.07 Å². The van der Waals surface area contributed by atoms with Gasteiger partial charge in [0.2, 0.25) is 0 Å². The zero-order valence-electron chi connectivity index (χ0n) is 10.7. The van der Waals surface area contributed by atoms with E-state index >= 15 is 0 Å². The highest BCUT2D eigenvalue weighted by atomic mass is 32.1. The smallest absolute Gasteiger partial charge is 0.389 e. The largest absolute Gasteiger partial charge is 0.416 e. The third-order valence-corrected chi connectivity index (χ3v) is 3.35. The summed E-state index contributed by atoms with van der Waals surface area (Å²) in [7, 11) is 0. The fourth-order valence-electron chi connectivity index (χ4n) is 2.12. The molecule has 1 fully saturated rings. The Hall–Kier alpha value is -1.34. The highest BCUT2D eigenvalue weighted by molar-refractivity contribution is 7.80.